The molecule has 51 heavy (non-hydrogen) atoms. The Morgan fingerprint density at radius 3 is 2.20 bits per heavy atom. The van der Waals surface area contributed by atoms with Gasteiger partial charge in [0.2, 0.25) is 11.8 Å². The van der Waals surface area contributed by atoms with E-state index in [2.05, 4.69) is 94.4 Å². The van der Waals surface area contributed by atoms with E-state index >= 15 is 0 Å². The van der Waals surface area contributed by atoms with Gasteiger partial charge in [-0.1, -0.05) is 111 Å². The van der Waals surface area contributed by atoms with Gasteiger partial charge in [-0.25, -0.2) is 0 Å². The molecule has 4 aromatic rings. The van der Waals surface area contributed by atoms with Crippen LogP contribution in [-0.4, -0.2) is 49.5 Å². The van der Waals surface area contributed by atoms with Crippen molar-refractivity contribution >= 4 is 47.9 Å². The predicted molar refractivity (Wildman–Crippen MR) is 206 cm³/mol. The van der Waals surface area contributed by atoms with Gasteiger partial charge in [-0.2, -0.15) is 0 Å². The SMILES string of the molecule is C/C(=C\c1ccc(O)cc1)CC[C@H]1OC[C@H]2C1=C(CO[Si](c1ccccc1)(c1ccccc1)C(C)(C)C)C[C@H]1C(=O)N(Cc3cccs3)C(=O)[C@H]12. The summed E-state index contributed by atoms with van der Waals surface area (Å²) in [6, 6.07) is 32.5. The highest BCUT2D eigenvalue weighted by atomic mass is 32.1. The summed E-state index contributed by atoms with van der Waals surface area (Å²) < 4.78 is 14.1. The fraction of sp³-hybridized carbons (Fsp3) is 0.349. The van der Waals surface area contributed by atoms with Gasteiger partial charge >= 0.3 is 0 Å². The van der Waals surface area contributed by atoms with E-state index in [4.69, 9.17) is 9.16 Å². The summed E-state index contributed by atoms with van der Waals surface area (Å²) in [5.41, 5.74) is 4.54. The Kier molecular flexibility index (Phi) is 10.0. The normalized spacial score (nSPS) is 22.4. The summed E-state index contributed by atoms with van der Waals surface area (Å²) in [6.45, 7) is 10.1. The molecule has 6 nitrogen and oxygen atoms in total. The quantitative estimate of drug-likeness (QED) is 0.0977. The molecule has 2 fully saturated rings. The van der Waals surface area contributed by atoms with Crippen LogP contribution in [0, 0.1) is 17.8 Å². The second kappa shape index (κ2) is 14.5. The van der Waals surface area contributed by atoms with E-state index in [1.165, 1.54) is 26.4 Å². The maximum atomic E-state index is 14.1. The van der Waals surface area contributed by atoms with Gasteiger partial charge in [0.25, 0.3) is 8.32 Å². The molecule has 2 saturated heterocycles. The van der Waals surface area contributed by atoms with Crippen molar-refractivity contribution in [1.82, 2.24) is 4.90 Å². The lowest BCUT2D eigenvalue weighted by Crippen LogP contribution is -2.66. The van der Waals surface area contributed by atoms with Gasteiger partial charge in [-0.05, 0) is 81.9 Å². The number of phenolic OH excluding ortho intramolecular Hbond substituents is 1. The van der Waals surface area contributed by atoms with Crippen LogP contribution in [0.3, 0.4) is 0 Å². The number of fused-ring (bicyclic) bond motifs is 3. The van der Waals surface area contributed by atoms with Gasteiger partial charge in [0.05, 0.1) is 37.7 Å². The van der Waals surface area contributed by atoms with Gasteiger partial charge in [0, 0.05) is 10.8 Å². The zero-order valence-electron chi connectivity index (χ0n) is 29.9. The number of phenols is 1. The minimum atomic E-state index is -2.87. The minimum absolute atomic E-state index is 0.0690. The summed E-state index contributed by atoms with van der Waals surface area (Å²) in [4.78, 5) is 30.7. The van der Waals surface area contributed by atoms with Crippen molar-refractivity contribution in [1.29, 1.82) is 0 Å². The Bertz CT molecular complexity index is 1870. The average molecular weight is 718 g/mol. The van der Waals surface area contributed by atoms with Crippen LogP contribution in [0.15, 0.2) is 119 Å². The van der Waals surface area contributed by atoms with Gasteiger partial charge in [-0.3, -0.25) is 14.5 Å². The number of thiophene rings is 1. The third kappa shape index (κ3) is 6.82. The number of ether oxygens (including phenoxy) is 1. The molecule has 2 amide bonds. The zero-order valence-corrected chi connectivity index (χ0v) is 31.7. The highest BCUT2D eigenvalue weighted by molar-refractivity contribution is 7.09. The van der Waals surface area contributed by atoms with Crippen molar-refractivity contribution in [2.75, 3.05) is 13.2 Å². The molecule has 7 rings (SSSR count). The Morgan fingerprint density at radius 2 is 1.59 bits per heavy atom. The number of carbonyl (C=O) groups is 2. The number of rotatable bonds is 11. The molecule has 3 heterocycles. The van der Waals surface area contributed by atoms with E-state index < -0.39 is 20.2 Å². The molecule has 1 aromatic heterocycles. The molecule has 264 valence electrons. The Labute approximate surface area is 306 Å². The number of aromatic hydroxyl groups is 1. The average Bonchev–Trinajstić information content (AvgIpc) is 3.85. The van der Waals surface area contributed by atoms with E-state index in [1.54, 1.807) is 23.5 Å². The Morgan fingerprint density at radius 1 is 0.922 bits per heavy atom. The van der Waals surface area contributed by atoms with Gasteiger partial charge < -0.3 is 14.3 Å². The molecule has 3 aliphatic rings. The molecule has 0 radical (unpaired) electrons. The fourth-order valence-corrected chi connectivity index (χ4v) is 13.9. The minimum Gasteiger partial charge on any atom is -0.508 e. The molecular formula is C43H47NO5SSi. The first-order valence-electron chi connectivity index (χ1n) is 18.0. The Balaban J connectivity index is 1.24. The largest absolute Gasteiger partial charge is 0.508 e. The molecular weight excluding hydrogens is 671 g/mol. The number of hydrogen-bond acceptors (Lipinski definition) is 6. The van der Waals surface area contributed by atoms with Crippen LogP contribution in [0.25, 0.3) is 6.08 Å². The third-order valence-electron chi connectivity index (χ3n) is 11.0. The molecule has 0 bridgehead atoms. The summed E-state index contributed by atoms with van der Waals surface area (Å²) in [5, 5.41) is 13.9. The number of likely N-dealkylation sites (tertiary alicyclic amines) is 1. The van der Waals surface area contributed by atoms with E-state index in [-0.39, 0.29) is 34.6 Å². The predicted octanol–water partition coefficient (Wildman–Crippen LogP) is 7.73. The lowest BCUT2D eigenvalue weighted by Gasteiger charge is -2.44. The third-order valence-corrected chi connectivity index (χ3v) is 16.8. The summed E-state index contributed by atoms with van der Waals surface area (Å²) in [5.74, 6) is -0.876. The van der Waals surface area contributed by atoms with Crippen LogP contribution in [0.5, 0.6) is 5.75 Å². The number of imide groups is 1. The topological polar surface area (TPSA) is 76.1 Å². The van der Waals surface area contributed by atoms with Crippen LogP contribution < -0.4 is 10.4 Å². The van der Waals surface area contributed by atoms with Crippen molar-refractivity contribution in [3.05, 3.63) is 130 Å². The van der Waals surface area contributed by atoms with Gasteiger partial charge in [-0.15, -0.1) is 11.3 Å². The second-order valence-corrected chi connectivity index (χ2v) is 20.6. The molecule has 0 spiro atoms. The van der Waals surface area contributed by atoms with Crippen LogP contribution in [0.2, 0.25) is 5.04 Å². The number of hydrogen-bond donors (Lipinski definition) is 1. The van der Waals surface area contributed by atoms with Gasteiger partial charge in [0.1, 0.15) is 5.75 Å². The first-order valence-corrected chi connectivity index (χ1v) is 20.8. The van der Waals surface area contributed by atoms with Crippen molar-refractivity contribution in [3.63, 3.8) is 0 Å². The smallest absolute Gasteiger partial charge is 0.261 e. The summed E-state index contributed by atoms with van der Waals surface area (Å²) in [6.07, 6.45) is 4.07. The fourth-order valence-electron chi connectivity index (χ4n) is 8.63. The highest BCUT2D eigenvalue weighted by Gasteiger charge is 2.57. The summed E-state index contributed by atoms with van der Waals surface area (Å²) in [7, 11) is -2.87. The lowest BCUT2D eigenvalue weighted by atomic mass is 9.69. The van der Waals surface area contributed by atoms with Crippen molar-refractivity contribution in [3.8, 4) is 5.75 Å². The second-order valence-electron chi connectivity index (χ2n) is 15.2. The number of nitrogens with zero attached hydrogens (tertiary/aromatic N) is 1. The van der Waals surface area contributed by atoms with Gasteiger partial charge in [0.15, 0.2) is 0 Å². The molecule has 3 aromatic carbocycles. The van der Waals surface area contributed by atoms with Crippen molar-refractivity contribution < 1.29 is 23.9 Å². The van der Waals surface area contributed by atoms with E-state index in [0.717, 1.165) is 28.9 Å². The number of carbonyl (C=O) groups excluding carboxylic acids is 2. The molecule has 8 heteroatoms. The maximum Gasteiger partial charge on any atom is 0.261 e. The molecule has 0 saturated carbocycles. The highest BCUT2D eigenvalue weighted by Crippen LogP contribution is 2.51. The number of allylic oxidation sites excluding steroid dienone is 1. The van der Waals surface area contributed by atoms with E-state index in [0.29, 0.717) is 26.2 Å². The molecule has 2 aliphatic heterocycles. The van der Waals surface area contributed by atoms with Crippen LogP contribution in [-0.2, 0) is 25.3 Å². The number of benzene rings is 3. The monoisotopic (exact) mass is 717 g/mol. The number of amides is 2. The lowest BCUT2D eigenvalue weighted by molar-refractivity contribution is -0.140. The van der Waals surface area contributed by atoms with Crippen LogP contribution in [0.1, 0.15) is 57.4 Å². The first kappa shape index (κ1) is 35.3. The molecule has 0 unspecified atom stereocenters. The van der Waals surface area contributed by atoms with E-state index in [1.807, 2.05) is 29.6 Å². The Hall–Kier alpha value is -4.08. The maximum absolute atomic E-state index is 14.1. The molecule has 1 aliphatic carbocycles. The molecule has 1 N–H and O–H groups in total. The molecule has 4 atom stereocenters. The zero-order chi connectivity index (χ0) is 35.8. The standard InChI is InChI=1S/C43H47NO5SSi/c1-29(24-30-18-20-32(45)21-19-30)17-22-38-39-31(25-36-40(37(39)28-48-38)42(47)44(41(36)46)26-33-12-11-23-50-33)27-49-51(43(2,3)4,34-13-7-5-8-14-34)35-15-9-6-10-16-35/h5-16,18-21,23-24,36-38,40,45H,17,22,25-28H2,1-4H3/b29-24+/t36-,37+,38-,40-/m1/s1. The van der Waals surface area contributed by atoms with E-state index in [9.17, 15) is 14.7 Å². The first-order chi connectivity index (χ1) is 24.6. The summed E-state index contributed by atoms with van der Waals surface area (Å²) >= 11 is 1.57. The van der Waals surface area contributed by atoms with Crippen molar-refractivity contribution in [2.24, 2.45) is 17.8 Å². The van der Waals surface area contributed by atoms with Crippen LogP contribution in [0.4, 0.5) is 0 Å². The van der Waals surface area contributed by atoms with Crippen LogP contribution >= 0.6 is 11.3 Å². The van der Waals surface area contributed by atoms with Crippen molar-refractivity contribution in [2.45, 2.75) is 64.6 Å².